The summed E-state index contributed by atoms with van der Waals surface area (Å²) in [6, 6.07) is 11.6. The minimum Gasteiger partial charge on any atom is -0.337 e. The van der Waals surface area contributed by atoms with Gasteiger partial charge in [-0.25, -0.2) is 4.98 Å². The Morgan fingerprint density at radius 2 is 1.91 bits per heavy atom. The molecule has 2 aromatic carbocycles. The zero-order chi connectivity index (χ0) is 23.3. The minimum atomic E-state index is -0.367. The maximum absolute atomic E-state index is 11.9. The van der Waals surface area contributed by atoms with E-state index in [-0.39, 0.29) is 11.1 Å². The molecule has 2 aromatic heterocycles. The van der Waals surface area contributed by atoms with Crippen molar-refractivity contribution in [1.29, 1.82) is 0 Å². The van der Waals surface area contributed by atoms with Crippen LogP contribution in [0.4, 0.5) is 4.79 Å². The largest absolute Gasteiger partial charge is 0.337 e. The molecule has 0 radical (unpaired) electrons. The first kappa shape index (κ1) is 22.0. The van der Waals surface area contributed by atoms with Gasteiger partial charge in [-0.15, -0.1) is 0 Å². The third-order valence-corrected chi connectivity index (χ3v) is 6.94. The van der Waals surface area contributed by atoms with Crippen LogP contribution in [0.15, 0.2) is 41.3 Å². The van der Waals surface area contributed by atoms with Gasteiger partial charge in [-0.2, -0.15) is 0 Å². The van der Waals surface area contributed by atoms with Crippen LogP contribution in [-0.2, 0) is 11.3 Å². The van der Waals surface area contributed by atoms with Gasteiger partial charge in [0.05, 0.1) is 31.7 Å². The van der Waals surface area contributed by atoms with Crippen molar-refractivity contribution < 1.29 is 9.59 Å². The second-order valence-electron chi connectivity index (χ2n) is 8.02. The number of imide groups is 1. The first-order chi connectivity index (χ1) is 15.8. The number of thioether (sulfide) groups is 1. The fourth-order valence-electron chi connectivity index (χ4n) is 3.81. The van der Waals surface area contributed by atoms with Crippen molar-refractivity contribution in [1.82, 2.24) is 24.8 Å². The first-order valence-electron chi connectivity index (χ1n) is 10.2. The standard InChI is InChI=1S/C23H19Cl2N5O2S/c1-29(2)5-6-30-18-4-3-12(8-20-22(31)28-23(32)33-20)7-13(18)9-19(30)21-26-16-10-14(24)15(25)11-17(16)27-21/h3-4,7-11H,5-6H2,1-2H3,(H,26,27)(H,28,31,32). The molecule has 0 unspecified atom stereocenters. The zero-order valence-corrected chi connectivity index (χ0v) is 20.1. The lowest BCUT2D eigenvalue weighted by Gasteiger charge is -2.13. The average Bonchev–Trinajstić information content (AvgIpc) is 3.41. The van der Waals surface area contributed by atoms with E-state index in [0.717, 1.165) is 63.9 Å². The molecule has 0 aliphatic carbocycles. The second-order valence-corrected chi connectivity index (χ2v) is 9.85. The maximum Gasteiger partial charge on any atom is 0.290 e. The van der Waals surface area contributed by atoms with Crippen LogP contribution in [0.3, 0.4) is 0 Å². The number of hydrogen-bond donors (Lipinski definition) is 2. The van der Waals surface area contributed by atoms with Crippen molar-refractivity contribution in [2.75, 3.05) is 20.6 Å². The lowest BCUT2D eigenvalue weighted by atomic mass is 10.1. The number of halogens is 2. The summed E-state index contributed by atoms with van der Waals surface area (Å²) in [5.74, 6) is 0.350. The van der Waals surface area contributed by atoms with Gasteiger partial charge in [0.25, 0.3) is 11.1 Å². The van der Waals surface area contributed by atoms with Gasteiger partial charge >= 0.3 is 0 Å². The molecule has 1 aliphatic rings. The highest BCUT2D eigenvalue weighted by Gasteiger charge is 2.25. The normalized spacial score (nSPS) is 15.5. The molecule has 1 saturated heterocycles. The Morgan fingerprint density at radius 3 is 2.64 bits per heavy atom. The highest BCUT2D eigenvalue weighted by molar-refractivity contribution is 8.18. The third kappa shape index (κ3) is 4.27. The number of benzene rings is 2. The van der Waals surface area contributed by atoms with E-state index in [1.807, 2.05) is 32.3 Å². The number of H-pyrrole nitrogens is 1. The highest BCUT2D eigenvalue weighted by Crippen LogP contribution is 2.33. The quantitative estimate of drug-likeness (QED) is 0.360. The second kappa shape index (κ2) is 8.53. The van der Waals surface area contributed by atoms with Gasteiger partial charge in [0.2, 0.25) is 0 Å². The van der Waals surface area contributed by atoms with Crippen molar-refractivity contribution in [2.45, 2.75) is 6.54 Å². The van der Waals surface area contributed by atoms with Gasteiger partial charge in [-0.05, 0) is 67.8 Å². The Labute approximate surface area is 203 Å². The lowest BCUT2D eigenvalue weighted by Crippen LogP contribution is -2.18. The minimum absolute atomic E-state index is 0.352. The Bertz CT molecular complexity index is 1430. The van der Waals surface area contributed by atoms with Gasteiger partial charge in [-0.3, -0.25) is 14.9 Å². The molecule has 10 heteroatoms. The van der Waals surface area contributed by atoms with Gasteiger partial charge in [-0.1, -0.05) is 29.3 Å². The average molecular weight is 500 g/mol. The Hall–Kier alpha value is -2.78. The summed E-state index contributed by atoms with van der Waals surface area (Å²) in [7, 11) is 4.07. The predicted molar refractivity (Wildman–Crippen MR) is 135 cm³/mol. The fraction of sp³-hybridized carbons (Fsp3) is 0.174. The molecule has 0 bridgehead atoms. The molecule has 0 spiro atoms. The number of nitrogens with one attached hydrogen (secondary N) is 2. The molecule has 0 atom stereocenters. The summed E-state index contributed by atoms with van der Waals surface area (Å²) >= 11 is 13.3. The Morgan fingerprint density at radius 1 is 1.12 bits per heavy atom. The predicted octanol–water partition coefficient (Wildman–Crippen LogP) is 5.38. The molecule has 0 saturated carbocycles. The summed E-state index contributed by atoms with van der Waals surface area (Å²) in [5.41, 5.74) is 4.37. The van der Waals surface area contributed by atoms with E-state index < -0.39 is 0 Å². The summed E-state index contributed by atoms with van der Waals surface area (Å²) in [5, 5.41) is 3.86. The number of imidazole rings is 1. The number of aromatic nitrogens is 3. The molecule has 2 amide bonds. The topological polar surface area (TPSA) is 83.0 Å². The molecule has 2 N–H and O–H groups in total. The Kier molecular flexibility index (Phi) is 5.70. The van der Waals surface area contributed by atoms with Crippen LogP contribution in [0, 0.1) is 0 Å². The van der Waals surface area contributed by atoms with Gasteiger partial charge in [0, 0.05) is 24.0 Å². The van der Waals surface area contributed by atoms with Crippen LogP contribution in [0.2, 0.25) is 10.0 Å². The van der Waals surface area contributed by atoms with E-state index >= 15 is 0 Å². The Balaban J connectivity index is 1.62. The lowest BCUT2D eigenvalue weighted by molar-refractivity contribution is -0.115. The summed E-state index contributed by atoms with van der Waals surface area (Å²) < 4.78 is 2.22. The fourth-order valence-corrected chi connectivity index (χ4v) is 4.82. The van der Waals surface area contributed by atoms with E-state index in [9.17, 15) is 9.59 Å². The van der Waals surface area contributed by atoms with Crippen LogP contribution in [-0.4, -0.2) is 51.2 Å². The van der Waals surface area contributed by atoms with Crippen molar-refractivity contribution in [3.63, 3.8) is 0 Å². The number of fused-ring (bicyclic) bond motifs is 2. The monoisotopic (exact) mass is 499 g/mol. The summed E-state index contributed by atoms with van der Waals surface area (Å²) in [6.07, 6.45) is 1.73. The van der Waals surface area contributed by atoms with Crippen LogP contribution >= 0.6 is 35.0 Å². The van der Waals surface area contributed by atoms with Crippen LogP contribution in [0.25, 0.3) is 39.5 Å². The number of amides is 2. The number of carbonyl (C=O) groups is 2. The van der Waals surface area contributed by atoms with Crippen LogP contribution in [0.1, 0.15) is 5.56 Å². The van der Waals surface area contributed by atoms with Crippen molar-refractivity contribution in [3.05, 3.63) is 56.9 Å². The number of carbonyl (C=O) groups excluding carboxylic acids is 2. The molecule has 5 rings (SSSR count). The number of aromatic amines is 1. The summed E-state index contributed by atoms with van der Waals surface area (Å²) in [6.45, 7) is 1.61. The molecule has 4 aromatic rings. The first-order valence-corrected chi connectivity index (χ1v) is 11.7. The van der Waals surface area contributed by atoms with E-state index in [2.05, 4.69) is 25.8 Å². The maximum atomic E-state index is 11.9. The van der Waals surface area contributed by atoms with E-state index in [0.29, 0.717) is 15.0 Å². The third-order valence-electron chi connectivity index (χ3n) is 5.40. The van der Waals surface area contributed by atoms with Crippen molar-refractivity contribution in [3.8, 4) is 11.5 Å². The molecular formula is C23H19Cl2N5O2S. The van der Waals surface area contributed by atoms with Crippen molar-refractivity contribution >= 4 is 74.1 Å². The van der Waals surface area contributed by atoms with Gasteiger partial charge in [0.15, 0.2) is 5.82 Å². The van der Waals surface area contributed by atoms with E-state index in [4.69, 9.17) is 28.2 Å². The molecule has 7 nitrogen and oxygen atoms in total. The summed E-state index contributed by atoms with van der Waals surface area (Å²) in [4.78, 5) is 34.0. The molecule has 1 fully saturated rings. The number of nitrogens with zero attached hydrogens (tertiary/aromatic N) is 3. The smallest absolute Gasteiger partial charge is 0.290 e. The van der Waals surface area contributed by atoms with Gasteiger partial charge in [0.1, 0.15) is 0 Å². The van der Waals surface area contributed by atoms with Crippen molar-refractivity contribution in [2.24, 2.45) is 0 Å². The highest BCUT2D eigenvalue weighted by atomic mass is 35.5. The molecule has 33 heavy (non-hydrogen) atoms. The molecule has 3 heterocycles. The molecule has 168 valence electrons. The van der Waals surface area contributed by atoms with E-state index in [1.165, 1.54) is 0 Å². The SMILES string of the molecule is CN(C)CCn1c(-c2nc3cc(Cl)c(Cl)cc3[nH]2)cc2cc(C=C3SC(=O)NC3=O)ccc21. The van der Waals surface area contributed by atoms with Gasteiger partial charge < -0.3 is 14.5 Å². The van der Waals surface area contributed by atoms with E-state index in [1.54, 1.807) is 18.2 Å². The molecular weight excluding hydrogens is 481 g/mol. The zero-order valence-electron chi connectivity index (χ0n) is 17.8. The number of likely N-dealkylation sites (N-methyl/N-ethyl adjacent to an activating group) is 1. The number of hydrogen-bond acceptors (Lipinski definition) is 5. The molecule has 1 aliphatic heterocycles. The van der Waals surface area contributed by atoms with Crippen LogP contribution in [0.5, 0.6) is 0 Å². The van der Waals surface area contributed by atoms with Crippen LogP contribution < -0.4 is 5.32 Å². The number of rotatable bonds is 5.